The van der Waals surface area contributed by atoms with Crippen LogP contribution in [-0.4, -0.2) is 72.1 Å². The van der Waals surface area contributed by atoms with Gasteiger partial charge >= 0.3 is 0 Å². The maximum absolute atomic E-state index is 12.1. The molecule has 1 fully saturated rings. The van der Waals surface area contributed by atoms with Gasteiger partial charge in [0.2, 0.25) is 0 Å². The number of guanidine groups is 1. The summed E-state index contributed by atoms with van der Waals surface area (Å²) in [6.07, 6.45) is 2.00. The fraction of sp³-hybridized carbons (Fsp3) is 0.600. The third-order valence-corrected chi connectivity index (χ3v) is 4.39. The Hall–Kier alpha value is -1.59. The number of amides is 1. The molecule has 1 aliphatic rings. The molecule has 0 spiro atoms. The molecule has 9 heteroatoms. The van der Waals surface area contributed by atoms with Gasteiger partial charge in [0.1, 0.15) is 5.75 Å². The second-order valence-electron chi connectivity index (χ2n) is 6.57. The number of carbonyl (C=O) groups excluding carboxylic acids is 1. The molecule has 2 rings (SSSR count). The molecule has 8 nitrogen and oxygen atoms in total. The van der Waals surface area contributed by atoms with Crippen molar-refractivity contribution in [2.45, 2.75) is 12.8 Å². The van der Waals surface area contributed by atoms with Gasteiger partial charge in [0.15, 0.2) is 5.96 Å². The number of aliphatic imine (C=N–C) groups is 1. The van der Waals surface area contributed by atoms with Gasteiger partial charge in [-0.15, -0.1) is 24.0 Å². The molecule has 3 N–H and O–H groups in total. The zero-order valence-electron chi connectivity index (χ0n) is 17.2. The maximum atomic E-state index is 12.1. The van der Waals surface area contributed by atoms with Crippen molar-refractivity contribution in [1.29, 1.82) is 0 Å². The number of halogens is 1. The predicted octanol–water partition coefficient (Wildman–Crippen LogP) is 1.65. The SMILES string of the molecule is CN=C(NCCCOCC1CCOC1)NCCNC(=O)c1cccc(OC)c1.I. The molecule has 0 aliphatic carbocycles. The van der Waals surface area contributed by atoms with Gasteiger partial charge in [-0.1, -0.05) is 6.07 Å². The minimum absolute atomic E-state index is 0. The second kappa shape index (κ2) is 15.3. The van der Waals surface area contributed by atoms with Crippen LogP contribution in [0.1, 0.15) is 23.2 Å². The minimum Gasteiger partial charge on any atom is -0.497 e. The van der Waals surface area contributed by atoms with Crippen molar-refractivity contribution in [3.8, 4) is 5.75 Å². The zero-order chi connectivity index (χ0) is 20.0. The van der Waals surface area contributed by atoms with Crippen molar-refractivity contribution < 1.29 is 19.0 Å². The van der Waals surface area contributed by atoms with Crippen LogP contribution in [0.5, 0.6) is 5.75 Å². The van der Waals surface area contributed by atoms with E-state index in [0.717, 1.165) is 45.8 Å². The highest BCUT2D eigenvalue weighted by Crippen LogP contribution is 2.12. The smallest absolute Gasteiger partial charge is 0.251 e. The lowest BCUT2D eigenvalue weighted by Crippen LogP contribution is -2.42. The lowest BCUT2D eigenvalue weighted by Gasteiger charge is -2.13. The fourth-order valence-electron chi connectivity index (χ4n) is 2.79. The largest absolute Gasteiger partial charge is 0.497 e. The van der Waals surface area contributed by atoms with Crippen LogP contribution >= 0.6 is 24.0 Å². The van der Waals surface area contributed by atoms with Gasteiger partial charge in [0.25, 0.3) is 5.91 Å². The predicted molar refractivity (Wildman–Crippen MR) is 124 cm³/mol. The summed E-state index contributed by atoms with van der Waals surface area (Å²) in [4.78, 5) is 16.3. The molecule has 0 bridgehead atoms. The number of hydrogen-bond acceptors (Lipinski definition) is 5. The highest BCUT2D eigenvalue weighted by molar-refractivity contribution is 14.0. The lowest BCUT2D eigenvalue weighted by molar-refractivity contribution is 0.0887. The van der Waals surface area contributed by atoms with Gasteiger partial charge in [-0.05, 0) is 31.0 Å². The molecule has 1 heterocycles. The Morgan fingerprint density at radius 2 is 2.03 bits per heavy atom. The van der Waals surface area contributed by atoms with E-state index in [1.807, 2.05) is 6.07 Å². The van der Waals surface area contributed by atoms with E-state index >= 15 is 0 Å². The summed E-state index contributed by atoms with van der Waals surface area (Å²) < 4.78 is 16.1. The van der Waals surface area contributed by atoms with Crippen LogP contribution in [0.15, 0.2) is 29.3 Å². The van der Waals surface area contributed by atoms with E-state index in [2.05, 4.69) is 20.9 Å². The van der Waals surface area contributed by atoms with Crippen LogP contribution in [0.4, 0.5) is 0 Å². The first-order chi connectivity index (χ1) is 13.7. The summed E-state index contributed by atoms with van der Waals surface area (Å²) in [5.41, 5.74) is 0.575. The van der Waals surface area contributed by atoms with Gasteiger partial charge < -0.3 is 30.2 Å². The fourth-order valence-corrected chi connectivity index (χ4v) is 2.79. The number of hydrogen-bond donors (Lipinski definition) is 3. The number of nitrogens with one attached hydrogen (secondary N) is 3. The van der Waals surface area contributed by atoms with Crippen LogP contribution in [0.2, 0.25) is 0 Å². The number of benzene rings is 1. The van der Waals surface area contributed by atoms with Crippen LogP contribution in [0.25, 0.3) is 0 Å². The molecule has 1 amide bonds. The third kappa shape index (κ3) is 10.1. The first kappa shape index (κ1) is 25.4. The summed E-state index contributed by atoms with van der Waals surface area (Å²) in [5, 5.41) is 9.28. The maximum Gasteiger partial charge on any atom is 0.251 e. The van der Waals surface area contributed by atoms with E-state index in [0.29, 0.717) is 36.3 Å². The molecule has 164 valence electrons. The first-order valence-electron chi connectivity index (χ1n) is 9.75. The van der Waals surface area contributed by atoms with Gasteiger partial charge in [-0.2, -0.15) is 0 Å². The quantitative estimate of drug-likeness (QED) is 0.178. The number of methoxy groups -OCH3 is 1. The zero-order valence-corrected chi connectivity index (χ0v) is 19.6. The van der Waals surface area contributed by atoms with Crippen LogP contribution in [0, 0.1) is 5.92 Å². The van der Waals surface area contributed by atoms with Gasteiger partial charge in [0.05, 0.1) is 20.3 Å². The molecule has 0 radical (unpaired) electrons. The Morgan fingerprint density at radius 1 is 1.24 bits per heavy atom. The Morgan fingerprint density at radius 3 is 2.76 bits per heavy atom. The van der Waals surface area contributed by atoms with Gasteiger partial charge in [-0.25, -0.2) is 0 Å². The van der Waals surface area contributed by atoms with E-state index < -0.39 is 0 Å². The molecular formula is C20H33IN4O4. The average Bonchev–Trinajstić information content (AvgIpc) is 3.25. The van der Waals surface area contributed by atoms with Gasteiger partial charge in [0, 0.05) is 51.4 Å². The normalized spacial score (nSPS) is 16.1. The molecule has 1 unspecified atom stereocenters. The summed E-state index contributed by atoms with van der Waals surface area (Å²) >= 11 is 0. The number of ether oxygens (including phenoxy) is 3. The molecule has 1 aromatic carbocycles. The van der Waals surface area contributed by atoms with Crippen LogP contribution < -0.4 is 20.7 Å². The molecule has 1 saturated heterocycles. The van der Waals surface area contributed by atoms with E-state index in [4.69, 9.17) is 14.2 Å². The second-order valence-corrected chi connectivity index (χ2v) is 6.57. The number of nitrogens with zero attached hydrogens (tertiary/aromatic N) is 1. The molecule has 1 atom stereocenters. The number of carbonyl (C=O) groups is 1. The molecule has 29 heavy (non-hydrogen) atoms. The van der Waals surface area contributed by atoms with Crippen molar-refractivity contribution in [2.24, 2.45) is 10.9 Å². The van der Waals surface area contributed by atoms with Crippen LogP contribution in [0.3, 0.4) is 0 Å². The van der Waals surface area contributed by atoms with Crippen molar-refractivity contribution in [2.75, 3.05) is 60.2 Å². The Balaban J connectivity index is 0.00000420. The molecule has 1 aliphatic heterocycles. The lowest BCUT2D eigenvalue weighted by atomic mass is 10.1. The topological polar surface area (TPSA) is 93.2 Å². The van der Waals surface area contributed by atoms with E-state index in [1.54, 1.807) is 32.4 Å². The summed E-state index contributed by atoms with van der Waals surface area (Å²) in [6, 6.07) is 7.07. The van der Waals surface area contributed by atoms with Crippen molar-refractivity contribution in [1.82, 2.24) is 16.0 Å². The summed E-state index contributed by atoms with van der Waals surface area (Å²) in [5.74, 6) is 1.79. The third-order valence-electron chi connectivity index (χ3n) is 4.39. The monoisotopic (exact) mass is 520 g/mol. The molecular weight excluding hydrogens is 487 g/mol. The summed E-state index contributed by atoms with van der Waals surface area (Å²) in [7, 11) is 3.30. The van der Waals surface area contributed by atoms with Gasteiger partial charge in [-0.3, -0.25) is 9.79 Å². The standard InChI is InChI=1S/C20H32N4O4.HI/c1-21-20(23-8-4-11-27-14-16-7-12-28-15-16)24-10-9-22-19(25)17-5-3-6-18(13-17)26-2;/h3,5-6,13,16H,4,7-12,14-15H2,1-2H3,(H,22,25)(H2,21,23,24);1H. The van der Waals surface area contributed by atoms with Crippen molar-refractivity contribution in [3.05, 3.63) is 29.8 Å². The molecule has 0 saturated carbocycles. The number of rotatable bonds is 11. The Bertz CT molecular complexity index is 624. The Labute approximate surface area is 190 Å². The summed E-state index contributed by atoms with van der Waals surface area (Å²) in [6.45, 7) is 5.02. The van der Waals surface area contributed by atoms with Crippen molar-refractivity contribution in [3.63, 3.8) is 0 Å². The van der Waals surface area contributed by atoms with Crippen molar-refractivity contribution >= 4 is 35.8 Å². The van der Waals surface area contributed by atoms with E-state index in [9.17, 15) is 4.79 Å². The van der Waals surface area contributed by atoms with E-state index in [-0.39, 0.29) is 29.9 Å². The van der Waals surface area contributed by atoms with E-state index in [1.165, 1.54) is 0 Å². The first-order valence-corrected chi connectivity index (χ1v) is 9.75. The Kier molecular flexibility index (Phi) is 13.4. The molecule has 1 aromatic rings. The molecule has 0 aromatic heterocycles. The van der Waals surface area contributed by atoms with Crippen LogP contribution in [-0.2, 0) is 9.47 Å². The minimum atomic E-state index is -0.131. The highest BCUT2D eigenvalue weighted by Gasteiger charge is 2.15. The highest BCUT2D eigenvalue weighted by atomic mass is 127. The average molecular weight is 520 g/mol.